The van der Waals surface area contributed by atoms with Crippen LogP contribution in [0.3, 0.4) is 0 Å². The lowest BCUT2D eigenvalue weighted by Crippen LogP contribution is -2.49. The van der Waals surface area contributed by atoms with Crippen LogP contribution in [0.5, 0.6) is 0 Å². The zero-order valence-electron chi connectivity index (χ0n) is 15.4. The molecule has 0 amide bonds. The molecule has 0 spiro atoms. The van der Waals surface area contributed by atoms with Crippen LogP contribution in [0.15, 0.2) is 35.3 Å². The quantitative estimate of drug-likeness (QED) is 0.383. The third-order valence-corrected chi connectivity index (χ3v) is 6.83. The first-order valence-corrected chi connectivity index (χ1v) is 11.1. The number of thioether (sulfide) groups is 1. The molecule has 0 saturated carbocycles. The number of hydrogen-bond acceptors (Lipinski definition) is 6. The highest BCUT2D eigenvalue weighted by atomic mass is 35.5. The molecule has 148 valence electrons. The minimum absolute atomic E-state index is 0.297. The molecule has 0 bridgehead atoms. The number of piperidine rings is 1. The Morgan fingerprint density at radius 3 is 2.74 bits per heavy atom. The lowest BCUT2D eigenvalue weighted by atomic mass is 9.91. The van der Waals surface area contributed by atoms with Gasteiger partial charge in [0.25, 0.3) is 6.47 Å². The van der Waals surface area contributed by atoms with E-state index in [1.807, 2.05) is 30.3 Å². The Kier molecular flexibility index (Phi) is 7.58. The van der Waals surface area contributed by atoms with Crippen molar-refractivity contribution in [3.63, 3.8) is 0 Å². The molecule has 2 atom stereocenters. The van der Waals surface area contributed by atoms with E-state index in [-0.39, 0.29) is 0 Å². The van der Waals surface area contributed by atoms with Crippen molar-refractivity contribution in [2.45, 2.75) is 50.0 Å². The lowest BCUT2D eigenvalue weighted by Gasteiger charge is -2.40. The minimum Gasteiger partial charge on any atom is -0.444 e. The van der Waals surface area contributed by atoms with Gasteiger partial charge in [-0.1, -0.05) is 36.8 Å². The molecule has 2 heterocycles. The maximum absolute atomic E-state index is 11.2. The van der Waals surface area contributed by atoms with E-state index in [1.165, 1.54) is 0 Å². The van der Waals surface area contributed by atoms with Crippen LogP contribution in [0.2, 0.25) is 0 Å². The van der Waals surface area contributed by atoms with Crippen molar-refractivity contribution in [2.75, 3.05) is 24.7 Å². The third-order valence-electron chi connectivity index (χ3n) is 5.26. The smallest absolute Gasteiger partial charge is 0.294 e. The molecule has 0 aromatic heterocycles. The standard InChI is InChI=1S/C20H27ClN2O3S/c21-11-5-4-8-17-14-27-19(22-17)20(25)9-12-23(13-10-20)18(26-15-24)16-6-2-1-3-7-16/h1-3,6-7,15,17-18,25H,4-5,8-14H2. The number of nitrogens with zero attached hydrogens (tertiary/aromatic N) is 2. The van der Waals surface area contributed by atoms with Gasteiger partial charge in [0.2, 0.25) is 0 Å². The normalized spacial score (nSPS) is 23.6. The second kappa shape index (κ2) is 9.92. The van der Waals surface area contributed by atoms with Gasteiger partial charge in [-0.25, -0.2) is 0 Å². The van der Waals surface area contributed by atoms with Crippen molar-refractivity contribution in [1.82, 2.24) is 4.90 Å². The van der Waals surface area contributed by atoms with Gasteiger partial charge in [-0.3, -0.25) is 14.7 Å². The van der Waals surface area contributed by atoms with Crippen LogP contribution in [-0.2, 0) is 9.53 Å². The summed E-state index contributed by atoms with van der Waals surface area (Å²) in [5.41, 5.74) is 0.0899. The van der Waals surface area contributed by atoms with E-state index in [9.17, 15) is 9.90 Å². The molecule has 5 nitrogen and oxygen atoms in total. The van der Waals surface area contributed by atoms with Gasteiger partial charge in [0.1, 0.15) is 5.60 Å². The number of rotatable bonds is 9. The molecule has 7 heteroatoms. The molecule has 2 aliphatic rings. The van der Waals surface area contributed by atoms with Crippen molar-refractivity contribution in [2.24, 2.45) is 4.99 Å². The molecule has 27 heavy (non-hydrogen) atoms. The topological polar surface area (TPSA) is 62.1 Å². The Balaban J connectivity index is 1.60. The van der Waals surface area contributed by atoms with Crippen LogP contribution in [-0.4, -0.2) is 57.9 Å². The summed E-state index contributed by atoms with van der Waals surface area (Å²) in [6, 6.07) is 10.0. The largest absolute Gasteiger partial charge is 0.444 e. The number of aliphatic imine (C=N–C) groups is 1. The SMILES string of the molecule is O=COC(c1ccccc1)N1CCC(O)(C2=NC(CCCCCl)CS2)CC1. The zero-order valence-corrected chi connectivity index (χ0v) is 17.0. The predicted octanol–water partition coefficient (Wildman–Crippen LogP) is 3.61. The highest BCUT2D eigenvalue weighted by Crippen LogP contribution is 2.36. The summed E-state index contributed by atoms with van der Waals surface area (Å²) in [5, 5.41) is 12.0. The number of halogens is 1. The Bertz CT molecular complexity index is 635. The number of carbonyl (C=O) groups is 1. The minimum atomic E-state index is -0.856. The number of ether oxygens (including phenoxy) is 1. The average molecular weight is 411 g/mol. The molecule has 1 fully saturated rings. The first-order valence-electron chi connectivity index (χ1n) is 9.54. The van der Waals surface area contributed by atoms with E-state index in [2.05, 4.69) is 4.90 Å². The van der Waals surface area contributed by atoms with Gasteiger partial charge in [0.15, 0.2) is 6.23 Å². The Morgan fingerprint density at radius 2 is 2.07 bits per heavy atom. The number of alkyl halides is 1. The van der Waals surface area contributed by atoms with Crippen LogP contribution < -0.4 is 0 Å². The first-order chi connectivity index (χ1) is 13.2. The lowest BCUT2D eigenvalue weighted by molar-refractivity contribution is -0.147. The van der Waals surface area contributed by atoms with Crippen LogP contribution in [0.4, 0.5) is 0 Å². The third kappa shape index (κ3) is 5.25. The summed E-state index contributed by atoms with van der Waals surface area (Å²) in [6.07, 6.45) is 3.92. The fourth-order valence-electron chi connectivity index (χ4n) is 3.68. The first kappa shape index (κ1) is 20.6. The number of aliphatic hydroxyl groups is 1. The molecule has 1 saturated heterocycles. The molecule has 1 N–H and O–H groups in total. The van der Waals surface area contributed by atoms with Gasteiger partial charge >= 0.3 is 0 Å². The second-order valence-electron chi connectivity index (χ2n) is 7.15. The van der Waals surface area contributed by atoms with Crippen molar-refractivity contribution in [1.29, 1.82) is 0 Å². The highest BCUT2D eigenvalue weighted by Gasteiger charge is 2.41. The van der Waals surface area contributed by atoms with E-state index >= 15 is 0 Å². The fourth-order valence-corrected chi connectivity index (χ4v) is 5.16. The number of hydrogen-bond donors (Lipinski definition) is 1. The van der Waals surface area contributed by atoms with E-state index in [0.717, 1.165) is 35.6 Å². The monoisotopic (exact) mass is 410 g/mol. The molecule has 3 rings (SSSR count). The molecule has 0 aliphatic carbocycles. The molecule has 0 radical (unpaired) electrons. The van der Waals surface area contributed by atoms with E-state index < -0.39 is 11.8 Å². The van der Waals surface area contributed by atoms with Gasteiger partial charge in [-0.05, 0) is 25.7 Å². The van der Waals surface area contributed by atoms with Gasteiger partial charge in [-0.15, -0.1) is 23.4 Å². The summed E-state index contributed by atoms with van der Waals surface area (Å²) < 4.78 is 5.35. The van der Waals surface area contributed by atoms with Gasteiger partial charge in [0, 0.05) is 30.3 Å². The zero-order chi connectivity index (χ0) is 19.1. The van der Waals surface area contributed by atoms with Crippen molar-refractivity contribution in [3.05, 3.63) is 35.9 Å². The van der Waals surface area contributed by atoms with Crippen molar-refractivity contribution < 1.29 is 14.6 Å². The molecule has 2 unspecified atom stereocenters. The average Bonchev–Trinajstić information content (AvgIpc) is 3.18. The fraction of sp³-hybridized carbons (Fsp3) is 0.600. The van der Waals surface area contributed by atoms with E-state index in [1.54, 1.807) is 11.8 Å². The number of benzene rings is 1. The number of carbonyl (C=O) groups excluding carboxylic acids is 1. The number of unbranched alkanes of at least 4 members (excludes halogenated alkanes) is 1. The summed E-state index contributed by atoms with van der Waals surface area (Å²) in [5.74, 6) is 1.65. The maximum Gasteiger partial charge on any atom is 0.294 e. The molecule has 2 aliphatic heterocycles. The Labute approximate surface area is 170 Å². The van der Waals surface area contributed by atoms with Crippen LogP contribution in [0, 0.1) is 0 Å². The molecule has 1 aromatic carbocycles. The second-order valence-corrected chi connectivity index (χ2v) is 8.53. The highest BCUT2D eigenvalue weighted by molar-refractivity contribution is 8.14. The Morgan fingerprint density at radius 1 is 1.33 bits per heavy atom. The van der Waals surface area contributed by atoms with Crippen LogP contribution in [0.1, 0.15) is 43.9 Å². The van der Waals surface area contributed by atoms with E-state index in [0.29, 0.717) is 44.3 Å². The summed E-state index contributed by atoms with van der Waals surface area (Å²) in [7, 11) is 0. The molecular formula is C20H27ClN2O3S. The summed E-state index contributed by atoms with van der Waals surface area (Å²) in [4.78, 5) is 17.9. The van der Waals surface area contributed by atoms with Crippen molar-refractivity contribution in [3.8, 4) is 0 Å². The Hall–Kier alpha value is -1.08. The van der Waals surface area contributed by atoms with Gasteiger partial charge in [-0.2, -0.15) is 0 Å². The van der Waals surface area contributed by atoms with Crippen LogP contribution in [0.25, 0.3) is 0 Å². The van der Waals surface area contributed by atoms with E-state index in [4.69, 9.17) is 21.3 Å². The summed E-state index contributed by atoms with van der Waals surface area (Å²) >= 11 is 7.44. The van der Waals surface area contributed by atoms with Crippen LogP contribution >= 0.6 is 23.4 Å². The van der Waals surface area contributed by atoms with Gasteiger partial charge in [0.05, 0.1) is 11.1 Å². The number of likely N-dealkylation sites (tertiary alicyclic amines) is 1. The predicted molar refractivity (Wildman–Crippen MR) is 110 cm³/mol. The van der Waals surface area contributed by atoms with Crippen molar-refractivity contribution >= 4 is 34.9 Å². The van der Waals surface area contributed by atoms with Gasteiger partial charge < -0.3 is 9.84 Å². The maximum atomic E-state index is 11.2. The molecule has 1 aromatic rings. The summed E-state index contributed by atoms with van der Waals surface area (Å²) in [6.45, 7) is 1.81. The molecular weight excluding hydrogens is 384 g/mol.